The molecule has 1 aliphatic rings. The van der Waals surface area contributed by atoms with E-state index in [2.05, 4.69) is 12.1 Å². The van der Waals surface area contributed by atoms with Gasteiger partial charge < -0.3 is 4.90 Å². The maximum Gasteiger partial charge on any atom is 0.262 e. The monoisotopic (exact) mass is 427 g/mol. The highest BCUT2D eigenvalue weighted by Crippen LogP contribution is 2.34. The van der Waals surface area contributed by atoms with E-state index in [0.29, 0.717) is 11.7 Å². The Balaban J connectivity index is 1.49. The van der Waals surface area contributed by atoms with Crippen LogP contribution in [0.1, 0.15) is 34.4 Å². The van der Waals surface area contributed by atoms with Crippen LogP contribution in [0, 0.1) is 6.92 Å². The Morgan fingerprint density at radius 2 is 1.97 bits per heavy atom. The first-order valence-corrected chi connectivity index (χ1v) is 11.7. The molecule has 0 saturated carbocycles. The summed E-state index contributed by atoms with van der Waals surface area (Å²) in [5.41, 5.74) is 3.52. The van der Waals surface area contributed by atoms with Crippen LogP contribution in [0.15, 0.2) is 34.2 Å². The molecule has 3 aromatic rings. The molecule has 0 N–H and O–H groups in total. The van der Waals surface area contributed by atoms with E-state index in [4.69, 9.17) is 4.98 Å². The van der Waals surface area contributed by atoms with Gasteiger partial charge in [-0.25, -0.2) is 4.98 Å². The summed E-state index contributed by atoms with van der Waals surface area (Å²) in [5, 5.41) is 1.40. The van der Waals surface area contributed by atoms with Gasteiger partial charge in [0.1, 0.15) is 4.83 Å². The van der Waals surface area contributed by atoms with E-state index >= 15 is 0 Å². The quantitative estimate of drug-likeness (QED) is 0.457. The summed E-state index contributed by atoms with van der Waals surface area (Å²) in [4.78, 5) is 34.1. The molecule has 4 rings (SSSR count). The molecule has 29 heavy (non-hydrogen) atoms. The molecule has 0 fully saturated rings. The summed E-state index contributed by atoms with van der Waals surface area (Å²) in [7, 11) is 3.57. The van der Waals surface area contributed by atoms with Crippen LogP contribution in [0.25, 0.3) is 10.2 Å². The van der Waals surface area contributed by atoms with Crippen molar-refractivity contribution in [3.63, 3.8) is 0 Å². The van der Waals surface area contributed by atoms with Crippen LogP contribution in [0.4, 0.5) is 0 Å². The third-order valence-electron chi connectivity index (χ3n) is 5.45. The smallest absolute Gasteiger partial charge is 0.262 e. The lowest BCUT2D eigenvalue weighted by Gasteiger charge is -2.17. The van der Waals surface area contributed by atoms with E-state index < -0.39 is 0 Å². The fraction of sp³-hybridized carbons (Fsp3) is 0.409. The number of benzene rings is 1. The van der Waals surface area contributed by atoms with Gasteiger partial charge in [-0.3, -0.25) is 14.2 Å². The predicted molar refractivity (Wildman–Crippen MR) is 120 cm³/mol. The Labute approximate surface area is 178 Å². The summed E-state index contributed by atoms with van der Waals surface area (Å²) < 4.78 is 1.60. The number of amides is 1. The number of carbonyl (C=O) groups excluding carboxylic acids is 1. The molecule has 152 valence electrons. The molecule has 1 aliphatic carbocycles. The van der Waals surface area contributed by atoms with Crippen molar-refractivity contribution >= 4 is 39.2 Å². The Morgan fingerprint density at radius 3 is 2.72 bits per heavy atom. The van der Waals surface area contributed by atoms with E-state index in [-0.39, 0.29) is 17.2 Å². The number of thiophene rings is 1. The maximum absolute atomic E-state index is 13.0. The molecular weight excluding hydrogens is 402 g/mol. The van der Waals surface area contributed by atoms with Crippen LogP contribution in [-0.4, -0.2) is 33.2 Å². The third kappa shape index (κ3) is 4.12. The second-order valence-electron chi connectivity index (χ2n) is 7.67. The zero-order valence-corrected chi connectivity index (χ0v) is 18.7. The Hall–Kier alpha value is -2.12. The number of aromatic nitrogens is 2. The van der Waals surface area contributed by atoms with Crippen LogP contribution < -0.4 is 5.56 Å². The van der Waals surface area contributed by atoms with Crippen LogP contribution in [-0.2, 0) is 31.2 Å². The van der Waals surface area contributed by atoms with Gasteiger partial charge >= 0.3 is 0 Å². The average Bonchev–Trinajstić information content (AvgIpc) is 3.09. The van der Waals surface area contributed by atoms with Crippen molar-refractivity contribution in [2.24, 2.45) is 7.05 Å². The Bertz CT molecular complexity index is 1120. The number of fused-ring (bicyclic) bond motifs is 3. The molecule has 2 aromatic heterocycles. The first-order valence-electron chi connectivity index (χ1n) is 9.87. The maximum atomic E-state index is 13.0. The number of carbonyl (C=O) groups is 1. The van der Waals surface area contributed by atoms with Gasteiger partial charge in [-0.15, -0.1) is 11.3 Å². The number of nitrogens with zero attached hydrogens (tertiary/aromatic N) is 3. The van der Waals surface area contributed by atoms with Crippen molar-refractivity contribution in [1.29, 1.82) is 0 Å². The lowest BCUT2D eigenvalue weighted by molar-refractivity contribution is -0.127. The third-order valence-corrected chi connectivity index (χ3v) is 7.65. The molecule has 0 saturated heterocycles. The van der Waals surface area contributed by atoms with Gasteiger partial charge in [-0.2, -0.15) is 0 Å². The lowest BCUT2D eigenvalue weighted by atomic mass is 9.97. The standard InChI is InChI=1S/C22H25N3O2S2/c1-14-8-10-15(11-9-14)12-24(2)18(26)13-28-22-23-20-19(21(27)25(22)3)16-6-4-5-7-17(16)29-20/h8-11H,4-7,12-13H2,1-3H3. The number of hydrogen-bond donors (Lipinski definition) is 0. The minimum atomic E-state index is 0.0114. The normalized spacial score (nSPS) is 13.5. The topological polar surface area (TPSA) is 55.2 Å². The number of rotatable bonds is 5. The molecule has 0 unspecified atom stereocenters. The highest BCUT2D eigenvalue weighted by atomic mass is 32.2. The summed E-state index contributed by atoms with van der Waals surface area (Å²) in [5.74, 6) is 0.287. The van der Waals surface area contributed by atoms with Gasteiger partial charge in [0, 0.05) is 25.5 Å². The van der Waals surface area contributed by atoms with E-state index in [1.165, 1.54) is 34.2 Å². The highest BCUT2D eigenvalue weighted by Gasteiger charge is 2.21. The van der Waals surface area contributed by atoms with Gasteiger partial charge in [0.2, 0.25) is 5.91 Å². The Kier molecular flexibility index (Phi) is 5.79. The molecule has 0 atom stereocenters. The molecule has 1 amide bonds. The average molecular weight is 428 g/mol. The van der Waals surface area contributed by atoms with Crippen molar-refractivity contribution in [1.82, 2.24) is 14.5 Å². The van der Waals surface area contributed by atoms with Crippen LogP contribution in [0.3, 0.4) is 0 Å². The minimum absolute atomic E-state index is 0.0114. The molecule has 5 nitrogen and oxygen atoms in total. The molecule has 0 spiro atoms. The number of thioether (sulfide) groups is 1. The molecule has 0 aliphatic heterocycles. The van der Waals surface area contributed by atoms with Crippen LogP contribution in [0.2, 0.25) is 0 Å². The molecular formula is C22H25N3O2S2. The van der Waals surface area contributed by atoms with E-state index in [9.17, 15) is 9.59 Å². The summed E-state index contributed by atoms with van der Waals surface area (Å²) in [6.07, 6.45) is 4.34. The largest absolute Gasteiger partial charge is 0.341 e. The molecule has 7 heteroatoms. The predicted octanol–water partition coefficient (Wildman–Crippen LogP) is 3.93. The SMILES string of the molecule is Cc1ccc(CN(C)C(=O)CSc2nc3sc4c(c3c(=O)n2C)CCCC4)cc1. The van der Waals surface area contributed by atoms with Crippen molar-refractivity contribution in [3.05, 3.63) is 56.2 Å². The first-order chi connectivity index (χ1) is 13.9. The highest BCUT2D eigenvalue weighted by molar-refractivity contribution is 7.99. The lowest BCUT2D eigenvalue weighted by Crippen LogP contribution is -2.28. The van der Waals surface area contributed by atoms with Crippen molar-refractivity contribution in [2.45, 2.75) is 44.3 Å². The zero-order chi connectivity index (χ0) is 20.5. The van der Waals surface area contributed by atoms with Crippen molar-refractivity contribution < 1.29 is 4.79 Å². The second kappa shape index (κ2) is 8.32. The summed E-state index contributed by atoms with van der Waals surface area (Å²) >= 11 is 2.99. The fourth-order valence-corrected chi connectivity index (χ4v) is 5.90. The van der Waals surface area contributed by atoms with E-state index in [1.807, 2.05) is 26.1 Å². The minimum Gasteiger partial charge on any atom is -0.341 e. The van der Waals surface area contributed by atoms with Crippen LogP contribution in [0.5, 0.6) is 0 Å². The van der Waals surface area contributed by atoms with Crippen molar-refractivity contribution in [2.75, 3.05) is 12.8 Å². The molecule has 0 bridgehead atoms. The van der Waals surface area contributed by atoms with Gasteiger partial charge in [0.25, 0.3) is 5.56 Å². The molecule has 0 radical (unpaired) electrons. The Morgan fingerprint density at radius 1 is 1.24 bits per heavy atom. The fourth-order valence-electron chi connectivity index (χ4n) is 3.69. The summed E-state index contributed by atoms with van der Waals surface area (Å²) in [6.45, 7) is 2.62. The number of aryl methyl sites for hydroxylation is 3. The second-order valence-corrected chi connectivity index (χ2v) is 9.70. The molecule has 1 aromatic carbocycles. The van der Waals surface area contributed by atoms with Gasteiger partial charge in [0.05, 0.1) is 11.1 Å². The summed E-state index contributed by atoms with van der Waals surface area (Å²) in [6, 6.07) is 8.20. The van der Waals surface area contributed by atoms with Gasteiger partial charge in [-0.05, 0) is 43.7 Å². The van der Waals surface area contributed by atoms with Gasteiger partial charge in [0.15, 0.2) is 5.16 Å². The van der Waals surface area contributed by atoms with Crippen molar-refractivity contribution in [3.8, 4) is 0 Å². The number of hydrogen-bond acceptors (Lipinski definition) is 5. The van der Waals surface area contributed by atoms with Crippen LogP contribution >= 0.6 is 23.1 Å². The van der Waals surface area contributed by atoms with E-state index in [1.54, 1.807) is 27.9 Å². The zero-order valence-electron chi connectivity index (χ0n) is 17.0. The van der Waals surface area contributed by atoms with E-state index in [0.717, 1.165) is 35.0 Å². The van der Waals surface area contributed by atoms with Gasteiger partial charge in [-0.1, -0.05) is 41.6 Å². The molecule has 2 heterocycles. The first kappa shape index (κ1) is 20.2.